The fourth-order valence-electron chi connectivity index (χ4n) is 1.20. The summed E-state index contributed by atoms with van der Waals surface area (Å²) in [6.45, 7) is 5.23. The average Bonchev–Trinajstić information content (AvgIpc) is 2.26. The Labute approximate surface area is 99.6 Å². The van der Waals surface area contributed by atoms with Crippen molar-refractivity contribution < 1.29 is 18.3 Å². The lowest BCUT2D eigenvalue weighted by molar-refractivity contribution is -0.0125. The molecule has 0 fully saturated rings. The second-order valence-corrected chi connectivity index (χ2v) is 4.42. The minimum Gasteiger partial charge on any atom is -0.367 e. The molecule has 0 saturated carbocycles. The maximum Gasteiger partial charge on any atom is 0.194 e. The Morgan fingerprint density at radius 1 is 1.29 bits per heavy atom. The third-order valence-corrected chi connectivity index (χ3v) is 2.69. The summed E-state index contributed by atoms with van der Waals surface area (Å²) >= 11 is 0. The SMILES string of the molecule is CCC(C)(C)OCC(=O)c1c(F)cccc1F. The molecule has 1 aromatic rings. The van der Waals surface area contributed by atoms with Crippen LogP contribution in [0.3, 0.4) is 0 Å². The van der Waals surface area contributed by atoms with Gasteiger partial charge in [0.25, 0.3) is 0 Å². The summed E-state index contributed by atoms with van der Waals surface area (Å²) in [5.41, 5.74) is -1.00. The summed E-state index contributed by atoms with van der Waals surface area (Å²) in [5.74, 6) is -2.39. The van der Waals surface area contributed by atoms with E-state index >= 15 is 0 Å². The maximum atomic E-state index is 13.3. The van der Waals surface area contributed by atoms with Gasteiger partial charge in [-0.3, -0.25) is 4.79 Å². The Balaban J connectivity index is 2.78. The summed E-state index contributed by atoms with van der Waals surface area (Å²) in [5, 5.41) is 0. The van der Waals surface area contributed by atoms with Crippen LogP contribution in [0.5, 0.6) is 0 Å². The summed E-state index contributed by atoms with van der Waals surface area (Å²) in [6, 6.07) is 3.33. The van der Waals surface area contributed by atoms with Gasteiger partial charge >= 0.3 is 0 Å². The monoisotopic (exact) mass is 242 g/mol. The first-order valence-electron chi connectivity index (χ1n) is 5.48. The van der Waals surface area contributed by atoms with Crippen molar-refractivity contribution in [2.75, 3.05) is 6.61 Å². The molecule has 0 saturated heterocycles. The quantitative estimate of drug-likeness (QED) is 0.740. The van der Waals surface area contributed by atoms with Crippen LogP contribution in [-0.2, 0) is 4.74 Å². The van der Waals surface area contributed by atoms with Crippen LogP contribution in [0.1, 0.15) is 37.6 Å². The minimum absolute atomic E-state index is 0.321. The molecule has 0 spiro atoms. The van der Waals surface area contributed by atoms with Gasteiger partial charge in [-0.2, -0.15) is 0 Å². The van der Waals surface area contributed by atoms with Gasteiger partial charge < -0.3 is 4.74 Å². The number of rotatable bonds is 5. The van der Waals surface area contributed by atoms with Crippen molar-refractivity contribution in [2.24, 2.45) is 0 Å². The van der Waals surface area contributed by atoms with E-state index in [9.17, 15) is 13.6 Å². The highest BCUT2D eigenvalue weighted by Crippen LogP contribution is 2.17. The molecule has 94 valence electrons. The van der Waals surface area contributed by atoms with Gasteiger partial charge in [0.2, 0.25) is 0 Å². The Kier molecular flexibility index (Phi) is 4.34. The number of hydrogen-bond donors (Lipinski definition) is 0. The summed E-state index contributed by atoms with van der Waals surface area (Å²) < 4.78 is 31.9. The molecule has 0 amide bonds. The molecule has 0 bridgehead atoms. The summed E-state index contributed by atoms with van der Waals surface area (Å²) in [7, 11) is 0. The molecule has 0 atom stereocenters. The molecule has 4 heteroatoms. The lowest BCUT2D eigenvalue weighted by Crippen LogP contribution is -2.27. The zero-order valence-corrected chi connectivity index (χ0v) is 10.2. The van der Waals surface area contributed by atoms with Crippen LogP contribution in [0.2, 0.25) is 0 Å². The number of ketones is 1. The molecule has 1 aromatic carbocycles. The summed E-state index contributed by atoms with van der Waals surface area (Å²) in [6.07, 6.45) is 0.708. The Bertz CT molecular complexity index is 394. The number of hydrogen-bond acceptors (Lipinski definition) is 2. The highest BCUT2D eigenvalue weighted by molar-refractivity contribution is 5.97. The second kappa shape index (κ2) is 5.36. The van der Waals surface area contributed by atoms with E-state index in [1.807, 2.05) is 20.8 Å². The largest absolute Gasteiger partial charge is 0.367 e. The summed E-state index contributed by atoms with van der Waals surface area (Å²) in [4.78, 5) is 11.6. The lowest BCUT2D eigenvalue weighted by Gasteiger charge is -2.22. The molecule has 0 radical (unpaired) electrons. The van der Waals surface area contributed by atoms with Crippen molar-refractivity contribution in [3.05, 3.63) is 35.4 Å². The molecular weight excluding hydrogens is 226 g/mol. The number of Topliss-reactive ketones (excluding diaryl/α,β-unsaturated/α-hetero) is 1. The van der Waals surface area contributed by atoms with Crippen molar-refractivity contribution in [3.8, 4) is 0 Å². The van der Waals surface area contributed by atoms with E-state index in [2.05, 4.69) is 0 Å². The molecule has 1 rings (SSSR count). The van der Waals surface area contributed by atoms with Gasteiger partial charge in [0.15, 0.2) is 5.78 Å². The number of benzene rings is 1. The van der Waals surface area contributed by atoms with E-state index < -0.39 is 28.6 Å². The van der Waals surface area contributed by atoms with Gasteiger partial charge in [-0.05, 0) is 32.4 Å². The highest BCUT2D eigenvalue weighted by Gasteiger charge is 2.21. The van der Waals surface area contributed by atoms with E-state index in [1.165, 1.54) is 6.07 Å². The zero-order valence-electron chi connectivity index (χ0n) is 10.2. The highest BCUT2D eigenvalue weighted by atomic mass is 19.1. The average molecular weight is 242 g/mol. The molecule has 0 aliphatic carbocycles. The first kappa shape index (κ1) is 13.8. The number of carbonyl (C=O) groups excluding carboxylic acids is 1. The van der Waals surface area contributed by atoms with Crippen molar-refractivity contribution in [3.63, 3.8) is 0 Å². The van der Waals surface area contributed by atoms with E-state index in [0.29, 0.717) is 6.42 Å². The second-order valence-electron chi connectivity index (χ2n) is 4.42. The predicted octanol–water partition coefficient (Wildman–Crippen LogP) is 3.35. The molecule has 2 nitrogen and oxygen atoms in total. The van der Waals surface area contributed by atoms with Gasteiger partial charge in [-0.25, -0.2) is 8.78 Å². The van der Waals surface area contributed by atoms with Crippen molar-refractivity contribution >= 4 is 5.78 Å². The van der Waals surface area contributed by atoms with Crippen LogP contribution in [0.4, 0.5) is 8.78 Å². The van der Waals surface area contributed by atoms with Gasteiger partial charge in [-0.15, -0.1) is 0 Å². The van der Waals surface area contributed by atoms with E-state index in [4.69, 9.17) is 4.74 Å². The number of ether oxygens (including phenoxy) is 1. The number of halogens is 2. The first-order valence-corrected chi connectivity index (χ1v) is 5.48. The number of carbonyl (C=O) groups is 1. The molecule has 0 aromatic heterocycles. The molecule has 17 heavy (non-hydrogen) atoms. The Hall–Kier alpha value is -1.29. The van der Waals surface area contributed by atoms with Crippen molar-refractivity contribution in [1.29, 1.82) is 0 Å². The van der Waals surface area contributed by atoms with Crippen LogP contribution in [0, 0.1) is 11.6 Å². The minimum atomic E-state index is -0.854. The maximum absolute atomic E-state index is 13.3. The van der Waals surface area contributed by atoms with Gasteiger partial charge in [0.05, 0.1) is 11.2 Å². The van der Waals surface area contributed by atoms with Crippen LogP contribution in [0.25, 0.3) is 0 Å². The third kappa shape index (κ3) is 3.60. The van der Waals surface area contributed by atoms with Crippen LogP contribution in [-0.4, -0.2) is 18.0 Å². The first-order chi connectivity index (χ1) is 7.87. The van der Waals surface area contributed by atoms with Crippen LogP contribution >= 0.6 is 0 Å². The fraction of sp³-hybridized carbons (Fsp3) is 0.462. The normalized spacial score (nSPS) is 11.6. The lowest BCUT2D eigenvalue weighted by atomic mass is 10.1. The fourth-order valence-corrected chi connectivity index (χ4v) is 1.20. The van der Waals surface area contributed by atoms with E-state index in [1.54, 1.807) is 0 Å². The molecule has 0 unspecified atom stereocenters. The van der Waals surface area contributed by atoms with E-state index in [-0.39, 0.29) is 6.61 Å². The third-order valence-electron chi connectivity index (χ3n) is 2.69. The molecule has 0 heterocycles. The van der Waals surface area contributed by atoms with Crippen molar-refractivity contribution in [1.82, 2.24) is 0 Å². The smallest absolute Gasteiger partial charge is 0.194 e. The Morgan fingerprint density at radius 3 is 2.29 bits per heavy atom. The van der Waals surface area contributed by atoms with Crippen LogP contribution < -0.4 is 0 Å². The van der Waals surface area contributed by atoms with E-state index in [0.717, 1.165) is 12.1 Å². The zero-order chi connectivity index (χ0) is 13.1. The topological polar surface area (TPSA) is 26.3 Å². The van der Waals surface area contributed by atoms with Gasteiger partial charge in [0, 0.05) is 0 Å². The predicted molar refractivity (Wildman–Crippen MR) is 61.0 cm³/mol. The molecule has 0 aliphatic heterocycles. The molecular formula is C13H16F2O2. The standard InChI is InChI=1S/C13H16F2O2/c1-4-13(2,3)17-8-11(16)12-9(14)6-5-7-10(12)15/h5-7H,4,8H2,1-3H3. The Morgan fingerprint density at radius 2 is 1.82 bits per heavy atom. The van der Waals surface area contributed by atoms with Crippen LogP contribution in [0.15, 0.2) is 18.2 Å². The molecule has 0 N–H and O–H groups in total. The van der Waals surface area contributed by atoms with Crippen molar-refractivity contribution in [2.45, 2.75) is 32.8 Å². The molecule has 0 aliphatic rings. The van der Waals surface area contributed by atoms with Gasteiger partial charge in [0.1, 0.15) is 18.2 Å². The van der Waals surface area contributed by atoms with Gasteiger partial charge in [-0.1, -0.05) is 13.0 Å².